The lowest BCUT2D eigenvalue weighted by Gasteiger charge is -2.20. The maximum absolute atomic E-state index is 13.1. The molecular weight excluding hydrogens is 225 g/mol. The highest BCUT2D eigenvalue weighted by atomic mass is 19.1. The molecular formula is C16H26FN. The molecule has 0 aliphatic heterocycles. The fraction of sp³-hybridized carbons (Fsp3) is 0.625. The van der Waals surface area contributed by atoms with Crippen molar-refractivity contribution < 1.29 is 4.39 Å². The highest BCUT2D eigenvalue weighted by molar-refractivity contribution is 5.19. The maximum atomic E-state index is 13.1. The first kappa shape index (κ1) is 15.2. The lowest BCUT2D eigenvalue weighted by Crippen LogP contribution is -2.25. The maximum Gasteiger partial charge on any atom is 0.123 e. The van der Waals surface area contributed by atoms with Crippen LogP contribution in [0.5, 0.6) is 0 Å². The van der Waals surface area contributed by atoms with Gasteiger partial charge in [-0.15, -0.1) is 0 Å². The van der Waals surface area contributed by atoms with Crippen LogP contribution in [0.1, 0.15) is 58.1 Å². The SMILES string of the molecule is CCCCC(CC)CNC(C)c1cccc(F)c1. The molecule has 0 amide bonds. The van der Waals surface area contributed by atoms with E-state index in [4.69, 9.17) is 0 Å². The molecule has 0 aliphatic rings. The highest BCUT2D eigenvalue weighted by Gasteiger charge is 2.09. The van der Waals surface area contributed by atoms with Gasteiger partial charge in [0, 0.05) is 6.04 Å². The number of benzene rings is 1. The molecule has 1 aromatic rings. The first-order valence-corrected chi connectivity index (χ1v) is 7.16. The number of unbranched alkanes of at least 4 members (excludes halogenated alkanes) is 1. The van der Waals surface area contributed by atoms with Gasteiger partial charge in [0.25, 0.3) is 0 Å². The third-order valence-electron chi connectivity index (χ3n) is 3.60. The van der Waals surface area contributed by atoms with E-state index in [0.717, 1.165) is 18.0 Å². The summed E-state index contributed by atoms with van der Waals surface area (Å²) in [5.41, 5.74) is 1.03. The monoisotopic (exact) mass is 251 g/mol. The molecule has 0 heterocycles. The normalized spacial score (nSPS) is 14.4. The third kappa shape index (κ3) is 5.18. The summed E-state index contributed by atoms with van der Waals surface area (Å²) in [5, 5.41) is 3.52. The van der Waals surface area contributed by atoms with Crippen molar-refractivity contribution >= 4 is 0 Å². The van der Waals surface area contributed by atoms with Crippen LogP contribution in [0.25, 0.3) is 0 Å². The van der Waals surface area contributed by atoms with Crippen LogP contribution >= 0.6 is 0 Å². The average molecular weight is 251 g/mol. The van der Waals surface area contributed by atoms with Gasteiger partial charge in [-0.25, -0.2) is 4.39 Å². The van der Waals surface area contributed by atoms with E-state index in [1.807, 2.05) is 6.07 Å². The van der Waals surface area contributed by atoms with Crippen molar-refractivity contribution in [2.75, 3.05) is 6.54 Å². The van der Waals surface area contributed by atoms with Crippen LogP contribution in [0.15, 0.2) is 24.3 Å². The molecule has 0 spiro atoms. The molecule has 102 valence electrons. The standard InChI is InChI=1S/C16H26FN/c1-4-6-8-14(5-2)12-18-13(3)15-9-7-10-16(17)11-15/h7,9-11,13-14,18H,4-6,8,12H2,1-3H3. The third-order valence-corrected chi connectivity index (χ3v) is 3.60. The lowest BCUT2D eigenvalue weighted by atomic mass is 9.98. The largest absolute Gasteiger partial charge is 0.310 e. The first-order valence-electron chi connectivity index (χ1n) is 7.16. The molecule has 1 rings (SSSR count). The molecule has 18 heavy (non-hydrogen) atoms. The molecule has 2 unspecified atom stereocenters. The minimum atomic E-state index is -0.154. The Morgan fingerprint density at radius 3 is 2.67 bits per heavy atom. The molecule has 1 N–H and O–H groups in total. The molecule has 2 heteroatoms. The van der Waals surface area contributed by atoms with Gasteiger partial charge in [-0.1, -0.05) is 45.2 Å². The fourth-order valence-corrected chi connectivity index (χ4v) is 2.18. The summed E-state index contributed by atoms with van der Waals surface area (Å²) in [6, 6.07) is 7.08. The zero-order valence-corrected chi connectivity index (χ0v) is 11.9. The Morgan fingerprint density at radius 2 is 2.06 bits per heavy atom. The van der Waals surface area contributed by atoms with Crippen molar-refractivity contribution in [1.29, 1.82) is 0 Å². The summed E-state index contributed by atoms with van der Waals surface area (Å²) in [7, 11) is 0. The van der Waals surface area contributed by atoms with Crippen molar-refractivity contribution in [2.24, 2.45) is 5.92 Å². The quantitative estimate of drug-likeness (QED) is 0.706. The smallest absolute Gasteiger partial charge is 0.123 e. The number of rotatable bonds is 8. The Kier molecular flexibility index (Phi) is 6.96. The van der Waals surface area contributed by atoms with Gasteiger partial charge < -0.3 is 5.32 Å². The van der Waals surface area contributed by atoms with Gasteiger partial charge in [0.05, 0.1) is 0 Å². The highest BCUT2D eigenvalue weighted by Crippen LogP contribution is 2.16. The van der Waals surface area contributed by atoms with Gasteiger partial charge in [0.1, 0.15) is 5.82 Å². The molecule has 0 aromatic heterocycles. The Balaban J connectivity index is 2.42. The summed E-state index contributed by atoms with van der Waals surface area (Å²) in [6.07, 6.45) is 5.06. The van der Waals surface area contributed by atoms with E-state index < -0.39 is 0 Å². The van der Waals surface area contributed by atoms with Gasteiger partial charge in [0.15, 0.2) is 0 Å². The second kappa shape index (κ2) is 8.25. The van der Waals surface area contributed by atoms with Crippen LogP contribution in [0.3, 0.4) is 0 Å². The van der Waals surface area contributed by atoms with Crippen LogP contribution in [0.2, 0.25) is 0 Å². The van der Waals surface area contributed by atoms with Crippen LogP contribution in [-0.2, 0) is 0 Å². The number of nitrogens with one attached hydrogen (secondary N) is 1. The van der Waals surface area contributed by atoms with Crippen LogP contribution in [0.4, 0.5) is 4.39 Å². The van der Waals surface area contributed by atoms with Gasteiger partial charge in [0.2, 0.25) is 0 Å². The summed E-state index contributed by atoms with van der Waals surface area (Å²) in [6.45, 7) is 7.60. The van der Waals surface area contributed by atoms with E-state index in [1.54, 1.807) is 12.1 Å². The molecule has 1 aromatic carbocycles. The molecule has 0 saturated heterocycles. The van der Waals surface area contributed by atoms with Crippen LogP contribution in [-0.4, -0.2) is 6.54 Å². The Hall–Kier alpha value is -0.890. The minimum Gasteiger partial charge on any atom is -0.310 e. The fourth-order valence-electron chi connectivity index (χ4n) is 2.18. The van der Waals surface area contributed by atoms with E-state index in [2.05, 4.69) is 26.1 Å². The van der Waals surface area contributed by atoms with E-state index in [-0.39, 0.29) is 11.9 Å². The van der Waals surface area contributed by atoms with Crippen molar-refractivity contribution in [1.82, 2.24) is 5.32 Å². The van der Waals surface area contributed by atoms with Crippen molar-refractivity contribution in [3.05, 3.63) is 35.6 Å². The van der Waals surface area contributed by atoms with Crippen molar-refractivity contribution in [2.45, 2.75) is 52.5 Å². The second-order valence-electron chi connectivity index (χ2n) is 5.10. The van der Waals surface area contributed by atoms with E-state index in [9.17, 15) is 4.39 Å². The zero-order valence-electron chi connectivity index (χ0n) is 11.9. The van der Waals surface area contributed by atoms with Crippen LogP contribution in [0, 0.1) is 11.7 Å². The molecule has 0 aliphatic carbocycles. The Morgan fingerprint density at radius 1 is 1.28 bits per heavy atom. The molecule has 0 saturated carbocycles. The summed E-state index contributed by atoms with van der Waals surface area (Å²) in [4.78, 5) is 0. The van der Waals surface area contributed by atoms with Crippen molar-refractivity contribution in [3.63, 3.8) is 0 Å². The van der Waals surface area contributed by atoms with Crippen molar-refractivity contribution in [3.8, 4) is 0 Å². The Labute approximate surface area is 111 Å². The molecule has 0 bridgehead atoms. The Bertz CT molecular complexity index is 338. The molecule has 0 fully saturated rings. The van der Waals surface area contributed by atoms with Gasteiger partial charge in [-0.05, 0) is 43.5 Å². The second-order valence-corrected chi connectivity index (χ2v) is 5.10. The first-order chi connectivity index (χ1) is 8.67. The van der Waals surface area contributed by atoms with E-state index in [0.29, 0.717) is 0 Å². The lowest BCUT2D eigenvalue weighted by molar-refractivity contribution is 0.398. The van der Waals surface area contributed by atoms with E-state index >= 15 is 0 Å². The summed E-state index contributed by atoms with van der Waals surface area (Å²) < 4.78 is 13.1. The summed E-state index contributed by atoms with van der Waals surface area (Å²) in [5.74, 6) is 0.583. The predicted molar refractivity (Wildman–Crippen MR) is 76.1 cm³/mol. The zero-order chi connectivity index (χ0) is 13.4. The average Bonchev–Trinajstić information content (AvgIpc) is 2.38. The van der Waals surface area contributed by atoms with Gasteiger partial charge in [-0.3, -0.25) is 0 Å². The number of hydrogen-bond acceptors (Lipinski definition) is 1. The number of halogens is 1. The molecule has 0 radical (unpaired) electrons. The molecule has 1 nitrogen and oxygen atoms in total. The topological polar surface area (TPSA) is 12.0 Å². The van der Waals surface area contributed by atoms with E-state index in [1.165, 1.54) is 31.7 Å². The van der Waals surface area contributed by atoms with Gasteiger partial charge in [-0.2, -0.15) is 0 Å². The number of hydrogen-bond donors (Lipinski definition) is 1. The minimum absolute atomic E-state index is 0.154. The summed E-state index contributed by atoms with van der Waals surface area (Å²) >= 11 is 0. The van der Waals surface area contributed by atoms with Gasteiger partial charge >= 0.3 is 0 Å². The van der Waals surface area contributed by atoms with Crippen LogP contribution < -0.4 is 5.32 Å². The predicted octanol–water partition coefficient (Wildman–Crippen LogP) is 4.69. The molecule has 2 atom stereocenters.